The number of rotatable bonds is 10. The van der Waals surface area contributed by atoms with Gasteiger partial charge in [0.05, 0.1) is 30.4 Å². The van der Waals surface area contributed by atoms with Gasteiger partial charge < -0.3 is 15.6 Å². The fourth-order valence-electron chi connectivity index (χ4n) is 5.43. The van der Waals surface area contributed by atoms with Crippen LogP contribution >= 0.6 is 0 Å². The average molecular weight is 637 g/mol. The van der Waals surface area contributed by atoms with E-state index in [1.54, 1.807) is 5.32 Å². The van der Waals surface area contributed by atoms with Crippen LogP contribution in [0, 0.1) is 11.7 Å². The Bertz CT molecular complexity index is 1520. The van der Waals surface area contributed by atoms with E-state index in [2.05, 4.69) is 25.6 Å². The largest absolute Gasteiger partial charge is 0.390 e. The summed E-state index contributed by atoms with van der Waals surface area (Å²) in [5.74, 6) is -12.7. The Morgan fingerprint density at radius 3 is 2.39 bits per heavy atom. The van der Waals surface area contributed by atoms with Crippen molar-refractivity contribution in [2.24, 2.45) is 5.92 Å². The number of hydrogen-bond acceptors (Lipinski definition) is 6. The Morgan fingerprint density at radius 2 is 1.77 bits per heavy atom. The summed E-state index contributed by atoms with van der Waals surface area (Å²) in [4.78, 5) is 32.8. The molecule has 2 aromatic heterocycles. The van der Waals surface area contributed by atoms with Crippen LogP contribution in [0.1, 0.15) is 97.3 Å². The first kappa shape index (κ1) is 31.6. The highest BCUT2D eigenvalue weighted by molar-refractivity contribution is 5.93. The average Bonchev–Trinajstić information content (AvgIpc) is 3.47. The number of H-pyrrole nitrogens is 1. The molecule has 1 unspecified atom stereocenters. The molecule has 2 saturated carbocycles. The summed E-state index contributed by atoms with van der Waals surface area (Å²) >= 11 is 0. The van der Waals surface area contributed by atoms with Crippen LogP contribution in [0.15, 0.2) is 16.8 Å². The summed E-state index contributed by atoms with van der Waals surface area (Å²) in [6, 6.07) is 1.01. The molecule has 2 atom stereocenters. The molecule has 240 valence electrons. The van der Waals surface area contributed by atoms with Crippen LogP contribution < -0.4 is 10.6 Å². The minimum Gasteiger partial charge on any atom is -0.350 e. The summed E-state index contributed by atoms with van der Waals surface area (Å²) < 4.78 is 115. The molecule has 0 spiro atoms. The third-order valence-electron chi connectivity index (χ3n) is 7.85. The number of aromatic nitrogens is 4. The number of halogens is 8. The van der Waals surface area contributed by atoms with Crippen molar-refractivity contribution in [3.8, 4) is 0 Å². The smallest absolute Gasteiger partial charge is 0.350 e. The van der Waals surface area contributed by atoms with Crippen molar-refractivity contribution in [1.82, 2.24) is 30.9 Å². The molecule has 1 aromatic carbocycles. The fraction of sp³-hybridized carbons (Fsp3) is 0.593. The van der Waals surface area contributed by atoms with E-state index in [4.69, 9.17) is 4.63 Å². The summed E-state index contributed by atoms with van der Waals surface area (Å²) in [6.07, 6.45) is -6.28. The van der Waals surface area contributed by atoms with Gasteiger partial charge in [-0.2, -0.15) is 13.2 Å². The maximum absolute atomic E-state index is 15.8. The zero-order valence-electron chi connectivity index (χ0n) is 23.2. The number of alkyl halides is 7. The predicted octanol–water partition coefficient (Wildman–Crippen LogP) is 6.07. The van der Waals surface area contributed by atoms with Crippen LogP contribution in [0.5, 0.6) is 0 Å². The van der Waals surface area contributed by atoms with Crippen LogP contribution in [0.3, 0.4) is 0 Å². The predicted molar refractivity (Wildman–Crippen MR) is 136 cm³/mol. The minimum atomic E-state index is -4.96. The van der Waals surface area contributed by atoms with E-state index < -0.39 is 90.4 Å². The van der Waals surface area contributed by atoms with Crippen molar-refractivity contribution in [2.75, 3.05) is 6.54 Å². The molecule has 0 aliphatic heterocycles. The number of carbonyl (C=O) groups excluding carboxylic acids is 2. The molecule has 0 bridgehead atoms. The molecule has 0 radical (unpaired) electrons. The topological polar surface area (TPSA) is 126 Å². The molecule has 17 heteroatoms. The highest BCUT2D eigenvalue weighted by atomic mass is 19.4. The Balaban J connectivity index is 1.49. The van der Waals surface area contributed by atoms with Gasteiger partial charge in [-0.25, -0.2) is 31.6 Å². The Labute approximate surface area is 244 Å². The third kappa shape index (κ3) is 7.29. The summed E-state index contributed by atoms with van der Waals surface area (Å²) in [7, 11) is 0. The lowest BCUT2D eigenvalue weighted by atomic mass is 9.81. The van der Waals surface area contributed by atoms with Crippen molar-refractivity contribution in [1.29, 1.82) is 0 Å². The second kappa shape index (κ2) is 11.6. The number of amides is 2. The molecule has 3 aromatic rings. The van der Waals surface area contributed by atoms with Gasteiger partial charge >= 0.3 is 6.18 Å². The highest BCUT2D eigenvalue weighted by Crippen LogP contribution is 2.43. The molecule has 3 N–H and O–H groups in total. The molecule has 2 aliphatic carbocycles. The van der Waals surface area contributed by atoms with Gasteiger partial charge in [0.25, 0.3) is 11.8 Å². The van der Waals surface area contributed by atoms with E-state index in [0.717, 1.165) is 25.0 Å². The number of imidazole rings is 1. The zero-order valence-corrected chi connectivity index (χ0v) is 23.2. The highest BCUT2D eigenvalue weighted by Gasteiger charge is 2.42. The minimum absolute atomic E-state index is 0.0158. The van der Waals surface area contributed by atoms with E-state index in [1.807, 2.05) is 0 Å². The monoisotopic (exact) mass is 636 g/mol. The lowest BCUT2D eigenvalue weighted by Crippen LogP contribution is -2.39. The van der Waals surface area contributed by atoms with Crippen LogP contribution in [0.25, 0.3) is 11.0 Å². The van der Waals surface area contributed by atoms with E-state index >= 15 is 4.39 Å². The number of aromatic amines is 1. The standard InChI is InChI=1S/C27H28F8N6O3/c1-25(29,30)11-36-23(42)15(10-27(33,34)35)14-4-5-16-20(17(14)28)38-22(37-16)19(13-6-8-26(31,32)9-7-13)39-24(43)21-18(12-2-3-12)40-44-41-21/h4-5,12-13,15,19H,2-3,6-11H2,1H3,(H,36,42)(H,37,38)(H,39,43)/t15?,19-/m0/s1. The molecule has 5 rings (SSSR count). The first-order chi connectivity index (χ1) is 20.5. The Hall–Kier alpha value is -3.79. The number of nitrogens with zero attached hydrogens (tertiary/aromatic N) is 3. The van der Waals surface area contributed by atoms with Gasteiger partial charge in [0.1, 0.15) is 17.0 Å². The second-order valence-electron chi connectivity index (χ2n) is 11.6. The number of hydrogen-bond donors (Lipinski definition) is 3. The van der Waals surface area contributed by atoms with E-state index in [1.165, 1.54) is 0 Å². The first-order valence-electron chi connectivity index (χ1n) is 13.9. The number of carbonyl (C=O) groups is 2. The van der Waals surface area contributed by atoms with E-state index in [0.29, 0.717) is 12.6 Å². The second-order valence-corrected chi connectivity index (χ2v) is 11.6. The maximum atomic E-state index is 15.8. The summed E-state index contributed by atoms with van der Waals surface area (Å²) in [5.41, 5.74) is -0.992. The first-order valence-corrected chi connectivity index (χ1v) is 13.9. The van der Waals surface area contributed by atoms with Crippen LogP contribution in [0.4, 0.5) is 35.1 Å². The van der Waals surface area contributed by atoms with Crippen molar-refractivity contribution < 1.29 is 49.3 Å². The molecule has 44 heavy (non-hydrogen) atoms. The zero-order chi connectivity index (χ0) is 32.0. The molecule has 2 heterocycles. The molecule has 0 saturated heterocycles. The van der Waals surface area contributed by atoms with Crippen LogP contribution in [-0.2, 0) is 4.79 Å². The normalized spacial score (nSPS) is 19.1. The van der Waals surface area contributed by atoms with Crippen molar-refractivity contribution in [2.45, 2.75) is 87.8 Å². The number of nitrogens with one attached hydrogen (secondary N) is 3. The van der Waals surface area contributed by atoms with E-state index in [-0.39, 0.29) is 35.8 Å². The molecule has 2 amide bonds. The van der Waals surface area contributed by atoms with Gasteiger partial charge in [0.2, 0.25) is 11.8 Å². The van der Waals surface area contributed by atoms with E-state index in [9.17, 15) is 40.3 Å². The van der Waals surface area contributed by atoms with Crippen molar-refractivity contribution in [3.63, 3.8) is 0 Å². The summed E-state index contributed by atoms with van der Waals surface area (Å²) in [6.45, 7) is -0.805. The third-order valence-corrected chi connectivity index (χ3v) is 7.85. The number of fused-ring (bicyclic) bond motifs is 1. The van der Waals surface area contributed by atoms with Gasteiger partial charge in [0, 0.05) is 31.2 Å². The Kier molecular flexibility index (Phi) is 8.35. The van der Waals surface area contributed by atoms with Crippen molar-refractivity contribution >= 4 is 22.8 Å². The van der Waals surface area contributed by atoms with Gasteiger partial charge in [0.15, 0.2) is 11.5 Å². The van der Waals surface area contributed by atoms with Gasteiger partial charge in [-0.05, 0) is 42.8 Å². The van der Waals surface area contributed by atoms with Gasteiger partial charge in [-0.1, -0.05) is 11.2 Å². The molecular formula is C27H28F8N6O3. The quantitative estimate of drug-likeness (QED) is 0.232. The van der Waals surface area contributed by atoms with Gasteiger partial charge in [-0.15, -0.1) is 0 Å². The Morgan fingerprint density at radius 1 is 1.09 bits per heavy atom. The van der Waals surface area contributed by atoms with Crippen molar-refractivity contribution in [3.05, 3.63) is 40.7 Å². The summed E-state index contributed by atoms with van der Waals surface area (Å²) in [5, 5.41) is 11.9. The molecule has 2 fully saturated rings. The van der Waals surface area contributed by atoms with Crippen LogP contribution in [-0.4, -0.2) is 56.7 Å². The number of benzene rings is 1. The maximum Gasteiger partial charge on any atom is 0.390 e. The molecular weight excluding hydrogens is 608 g/mol. The molecule has 2 aliphatic rings. The lowest BCUT2D eigenvalue weighted by molar-refractivity contribution is -0.148. The van der Waals surface area contributed by atoms with Gasteiger partial charge in [-0.3, -0.25) is 9.59 Å². The lowest BCUT2D eigenvalue weighted by Gasteiger charge is -2.33. The van der Waals surface area contributed by atoms with Crippen LogP contribution in [0.2, 0.25) is 0 Å². The fourth-order valence-corrected chi connectivity index (χ4v) is 5.43. The SMILES string of the molecule is CC(F)(F)CNC(=O)C(CC(F)(F)F)c1ccc2[nH]c([C@@H](NC(=O)c3nonc3C3CC3)C3CCC(F)(F)CC3)nc2c1F. The molecule has 9 nitrogen and oxygen atoms in total.